The van der Waals surface area contributed by atoms with Gasteiger partial charge in [-0.2, -0.15) is 13.2 Å². The van der Waals surface area contributed by atoms with E-state index < -0.39 is 18.0 Å². The summed E-state index contributed by atoms with van der Waals surface area (Å²) in [5.41, 5.74) is 0.0344. The first kappa shape index (κ1) is 15.7. The van der Waals surface area contributed by atoms with Crippen molar-refractivity contribution in [2.24, 2.45) is 0 Å². The Morgan fingerprint density at radius 3 is 2.45 bits per heavy atom. The van der Waals surface area contributed by atoms with Gasteiger partial charge in [-0.05, 0) is 0 Å². The van der Waals surface area contributed by atoms with Crippen LogP contribution in [0, 0.1) is 0 Å². The summed E-state index contributed by atoms with van der Waals surface area (Å²) >= 11 is 0. The molecule has 0 aromatic carbocycles. The van der Waals surface area contributed by atoms with Crippen molar-refractivity contribution in [3.63, 3.8) is 0 Å². The lowest BCUT2D eigenvalue weighted by atomic mass is 10.4. The lowest BCUT2D eigenvalue weighted by molar-refractivity contribution is -0.144. The lowest BCUT2D eigenvalue weighted by Crippen LogP contribution is -2.28. The maximum atomic E-state index is 12.3. The number of halogens is 3. The fourth-order valence-corrected chi connectivity index (χ4v) is 1.46. The van der Waals surface area contributed by atoms with Crippen LogP contribution in [0.4, 0.5) is 23.7 Å². The van der Waals surface area contributed by atoms with E-state index in [1.807, 2.05) is 6.92 Å². The van der Waals surface area contributed by atoms with Gasteiger partial charge in [0, 0.05) is 6.42 Å². The summed E-state index contributed by atoms with van der Waals surface area (Å²) in [6, 6.07) is -0.639. The predicted octanol–water partition coefficient (Wildman–Crippen LogP) is 2.37. The maximum absolute atomic E-state index is 12.3. The second-order valence-corrected chi connectivity index (χ2v) is 4.17. The number of hydrogen-bond donors (Lipinski definition) is 2. The van der Waals surface area contributed by atoms with Gasteiger partial charge in [0.2, 0.25) is 11.7 Å². The van der Waals surface area contributed by atoms with Crippen molar-refractivity contribution in [2.75, 3.05) is 5.32 Å². The Bertz CT molecular complexity index is 639. The van der Waals surface area contributed by atoms with Crippen molar-refractivity contribution < 1.29 is 22.4 Å². The van der Waals surface area contributed by atoms with Gasteiger partial charge < -0.3 is 15.1 Å². The molecule has 2 amide bonds. The van der Waals surface area contributed by atoms with E-state index >= 15 is 0 Å². The van der Waals surface area contributed by atoms with E-state index in [4.69, 9.17) is 4.42 Å². The molecular formula is C12H12F3N5O2. The summed E-state index contributed by atoms with van der Waals surface area (Å²) in [6.07, 6.45) is -0.644. The number of aromatic nitrogens is 3. The summed E-state index contributed by atoms with van der Waals surface area (Å²) in [4.78, 5) is 21.8. The number of carbonyl (C=O) groups excluding carboxylic acids is 1. The zero-order valence-corrected chi connectivity index (χ0v) is 11.4. The van der Waals surface area contributed by atoms with Crippen molar-refractivity contribution in [1.29, 1.82) is 0 Å². The summed E-state index contributed by atoms with van der Waals surface area (Å²) in [5, 5.41) is 4.75. The van der Waals surface area contributed by atoms with Crippen LogP contribution in [0.5, 0.6) is 0 Å². The van der Waals surface area contributed by atoms with Crippen LogP contribution in [0.25, 0.3) is 0 Å². The van der Waals surface area contributed by atoms with Crippen molar-refractivity contribution in [3.8, 4) is 0 Å². The molecule has 2 aromatic heterocycles. The van der Waals surface area contributed by atoms with E-state index in [9.17, 15) is 18.0 Å². The Morgan fingerprint density at radius 2 is 1.91 bits per heavy atom. The minimum Gasteiger partial charge on any atom is -0.444 e. The molecule has 0 aliphatic carbocycles. The van der Waals surface area contributed by atoms with Gasteiger partial charge in [-0.15, -0.1) is 0 Å². The van der Waals surface area contributed by atoms with Crippen molar-refractivity contribution in [2.45, 2.75) is 26.1 Å². The largest absolute Gasteiger partial charge is 0.451 e. The highest BCUT2D eigenvalue weighted by Gasteiger charge is 2.34. The van der Waals surface area contributed by atoms with Crippen molar-refractivity contribution in [3.05, 3.63) is 36.1 Å². The topological polar surface area (TPSA) is 92.9 Å². The Hall–Kier alpha value is -2.65. The molecule has 22 heavy (non-hydrogen) atoms. The third-order valence-electron chi connectivity index (χ3n) is 2.51. The molecule has 0 atom stereocenters. The zero-order valence-electron chi connectivity index (χ0n) is 11.4. The highest BCUT2D eigenvalue weighted by Crippen LogP contribution is 2.25. The molecule has 2 N–H and O–H groups in total. The highest BCUT2D eigenvalue weighted by atomic mass is 19.4. The zero-order chi connectivity index (χ0) is 16.2. The monoisotopic (exact) mass is 315 g/mol. The molecule has 118 valence electrons. The number of oxazole rings is 1. The summed E-state index contributed by atoms with van der Waals surface area (Å²) in [7, 11) is 0. The molecule has 2 aromatic rings. The molecule has 0 unspecified atom stereocenters. The van der Waals surface area contributed by atoms with E-state index in [1.54, 1.807) is 6.20 Å². The van der Waals surface area contributed by atoms with Gasteiger partial charge in [-0.3, -0.25) is 0 Å². The van der Waals surface area contributed by atoms with Crippen molar-refractivity contribution in [1.82, 2.24) is 20.3 Å². The van der Waals surface area contributed by atoms with E-state index in [2.05, 4.69) is 25.6 Å². The van der Waals surface area contributed by atoms with Gasteiger partial charge in [0.05, 0.1) is 30.8 Å². The molecule has 0 saturated carbocycles. The fourth-order valence-electron chi connectivity index (χ4n) is 1.46. The first-order chi connectivity index (χ1) is 10.4. The number of nitrogens with one attached hydrogen (secondary N) is 2. The molecule has 2 heterocycles. The molecular weight excluding hydrogens is 303 g/mol. The number of nitrogens with zero attached hydrogens (tertiary/aromatic N) is 3. The minimum atomic E-state index is -4.62. The number of amides is 2. The van der Waals surface area contributed by atoms with E-state index in [1.165, 1.54) is 0 Å². The van der Waals surface area contributed by atoms with Crippen LogP contribution in [-0.2, 0) is 19.1 Å². The van der Waals surface area contributed by atoms with Gasteiger partial charge in [0.25, 0.3) is 0 Å². The molecule has 0 saturated heterocycles. The van der Waals surface area contributed by atoms with Crippen LogP contribution < -0.4 is 10.6 Å². The molecule has 0 spiro atoms. The average Bonchev–Trinajstić information content (AvgIpc) is 2.93. The number of rotatable bonds is 4. The molecule has 7 nitrogen and oxygen atoms in total. The van der Waals surface area contributed by atoms with Crippen LogP contribution in [0.15, 0.2) is 23.0 Å². The van der Waals surface area contributed by atoms with Crippen LogP contribution in [0.3, 0.4) is 0 Å². The molecule has 0 aliphatic heterocycles. The summed E-state index contributed by atoms with van der Waals surface area (Å²) < 4.78 is 42.1. The van der Waals surface area contributed by atoms with Crippen molar-refractivity contribution >= 4 is 11.7 Å². The number of aryl methyl sites for hydroxylation is 1. The third-order valence-corrected chi connectivity index (χ3v) is 2.51. The Balaban J connectivity index is 1.86. The van der Waals surface area contributed by atoms with Crippen LogP contribution in [0.1, 0.15) is 24.4 Å². The smallest absolute Gasteiger partial charge is 0.444 e. The number of anilines is 1. The van der Waals surface area contributed by atoms with Gasteiger partial charge in [0.1, 0.15) is 5.76 Å². The average molecular weight is 315 g/mol. The van der Waals surface area contributed by atoms with Gasteiger partial charge in [0.15, 0.2) is 0 Å². The third kappa shape index (κ3) is 4.17. The van der Waals surface area contributed by atoms with Crippen LogP contribution in [0.2, 0.25) is 0 Å². The molecule has 0 bridgehead atoms. The summed E-state index contributed by atoms with van der Waals surface area (Å²) in [5.74, 6) is -0.255. The number of urea groups is 1. The lowest BCUT2D eigenvalue weighted by Gasteiger charge is -2.07. The number of carbonyl (C=O) groups is 1. The minimum absolute atomic E-state index is 0.0344. The van der Waals surface area contributed by atoms with Gasteiger partial charge in [-0.25, -0.2) is 19.7 Å². The standard InChI is InChI=1S/C12H12F3N5O2/c1-2-8-5-16-9(22-8)6-19-11(21)20-7-3-17-10(18-4-7)12(13,14)15/h3-5H,2,6H2,1H3,(H2,19,20,21). The molecule has 0 radical (unpaired) electrons. The predicted molar refractivity (Wildman–Crippen MR) is 68.8 cm³/mol. The fraction of sp³-hybridized carbons (Fsp3) is 0.333. The second kappa shape index (κ2) is 6.41. The molecule has 10 heteroatoms. The Labute approximate surface area is 123 Å². The second-order valence-electron chi connectivity index (χ2n) is 4.17. The Morgan fingerprint density at radius 1 is 1.23 bits per heavy atom. The quantitative estimate of drug-likeness (QED) is 0.903. The van der Waals surface area contributed by atoms with Crippen LogP contribution in [-0.4, -0.2) is 21.0 Å². The number of hydrogen-bond acceptors (Lipinski definition) is 5. The number of alkyl halides is 3. The maximum Gasteiger partial charge on any atom is 0.451 e. The van der Waals surface area contributed by atoms with Gasteiger partial charge in [-0.1, -0.05) is 6.92 Å². The summed E-state index contributed by atoms with van der Waals surface area (Å²) in [6.45, 7) is 1.95. The van der Waals surface area contributed by atoms with E-state index in [0.29, 0.717) is 18.1 Å². The first-order valence-electron chi connectivity index (χ1n) is 6.26. The highest BCUT2D eigenvalue weighted by molar-refractivity contribution is 5.88. The van der Waals surface area contributed by atoms with Crippen LogP contribution >= 0.6 is 0 Å². The van der Waals surface area contributed by atoms with E-state index in [0.717, 1.165) is 12.4 Å². The van der Waals surface area contributed by atoms with E-state index in [-0.39, 0.29) is 12.2 Å². The van der Waals surface area contributed by atoms with Gasteiger partial charge >= 0.3 is 12.2 Å². The normalized spacial score (nSPS) is 11.3. The molecule has 0 fully saturated rings. The molecule has 0 aliphatic rings. The SMILES string of the molecule is CCc1cnc(CNC(=O)Nc2cnc(C(F)(F)F)nc2)o1. The first-order valence-corrected chi connectivity index (χ1v) is 6.26. The molecule has 2 rings (SSSR count). The Kier molecular flexibility index (Phi) is 4.59.